The molecule has 3 heteroatoms. The van der Waals surface area contributed by atoms with Crippen LogP contribution in [0.4, 0.5) is 0 Å². The summed E-state index contributed by atoms with van der Waals surface area (Å²) < 4.78 is 0. The Labute approximate surface area is 171 Å². The van der Waals surface area contributed by atoms with Gasteiger partial charge in [-0.1, -0.05) is 79.1 Å². The zero-order valence-electron chi connectivity index (χ0n) is 15.8. The molecule has 0 amide bonds. The second-order valence-corrected chi connectivity index (χ2v) is 7.81. The summed E-state index contributed by atoms with van der Waals surface area (Å²) in [5.41, 5.74) is 6.42. The fraction of sp³-hybridized carbons (Fsp3) is 0.600. The second-order valence-electron chi connectivity index (χ2n) is 7.81. The zero-order chi connectivity index (χ0) is 15.6. The van der Waals surface area contributed by atoms with Gasteiger partial charge >= 0.3 is 21.7 Å². The fourth-order valence-corrected chi connectivity index (χ4v) is 2.83. The third-order valence-corrected chi connectivity index (χ3v) is 3.97. The van der Waals surface area contributed by atoms with E-state index in [4.69, 9.17) is 0 Å². The molecule has 2 aliphatic carbocycles. The SMILES string of the molecule is CC1=C(C(C)(C)C)CC=[C-]1.CC1=C(C(C)(C)C)CC=[C-]1.[Cl-].[Cl-].[Ti+4]. The smallest absolute Gasteiger partial charge is 1.00 e. The Morgan fingerprint density at radius 2 is 0.957 bits per heavy atom. The van der Waals surface area contributed by atoms with Crippen LogP contribution in [0.1, 0.15) is 68.2 Å². The number of hydrogen-bond donors (Lipinski definition) is 0. The van der Waals surface area contributed by atoms with Gasteiger partial charge in [-0.2, -0.15) is 12.2 Å². The predicted molar refractivity (Wildman–Crippen MR) is 89.2 cm³/mol. The van der Waals surface area contributed by atoms with Crippen LogP contribution in [0.15, 0.2) is 34.4 Å². The molecule has 0 N–H and O–H groups in total. The van der Waals surface area contributed by atoms with Crippen LogP contribution in [0.2, 0.25) is 0 Å². The topological polar surface area (TPSA) is 0 Å². The van der Waals surface area contributed by atoms with E-state index >= 15 is 0 Å². The molecule has 0 aliphatic heterocycles. The molecule has 0 spiro atoms. The van der Waals surface area contributed by atoms with Crippen molar-refractivity contribution in [1.29, 1.82) is 0 Å². The van der Waals surface area contributed by atoms with Crippen molar-refractivity contribution in [3.05, 3.63) is 46.6 Å². The maximum atomic E-state index is 3.23. The third-order valence-electron chi connectivity index (χ3n) is 3.97. The van der Waals surface area contributed by atoms with Gasteiger partial charge in [0.2, 0.25) is 0 Å². The number of halogens is 2. The third kappa shape index (κ3) is 8.78. The van der Waals surface area contributed by atoms with Gasteiger partial charge < -0.3 is 24.8 Å². The van der Waals surface area contributed by atoms with Gasteiger partial charge in [0.05, 0.1) is 0 Å². The van der Waals surface area contributed by atoms with E-state index in [1.807, 2.05) is 0 Å². The van der Waals surface area contributed by atoms with Crippen LogP contribution < -0.4 is 24.8 Å². The number of allylic oxidation sites excluding steroid dienone is 8. The molecule has 128 valence electrons. The van der Waals surface area contributed by atoms with Gasteiger partial charge in [-0.15, -0.1) is 0 Å². The zero-order valence-corrected chi connectivity index (χ0v) is 18.9. The van der Waals surface area contributed by atoms with Crippen LogP contribution in [0.25, 0.3) is 0 Å². The minimum atomic E-state index is 0. The Kier molecular flexibility index (Phi) is 13.4. The van der Waals surface area contributed by atoms with Crippen LogP contribution in [-0.2, 0) is 21.7 Å². The van der Waals surface area contributed by atoms with E-state index in [1.165, 1.54) is 22.3 Å². The quantitative estimate of drug-likeness (QED) is 0.411. The van der Waals surface area contributed by atoms with Crippen molar-refractivity contribution >= 4 is 0 Å². The molecule has 0 fully saturated rings. The van der Waals surface area contributed by atoms with Crippen LogP contribution in [0, 0.1) is 23.0 Å². The molecule has 23 heavy (non-hydrogen) atoms. The van der Waals surface area contributed by atoms with Crippen molar-refractivity contribution in [2.75, 3.05) is 0 Å². The molecule has 0 aromatic rings. The van der Waals surface area contributed by atoms with Crippen molar-refractivity contribution < 1.29 is 46.5 Å². The summed E-state index contributed by atoms with van der Waals surface area (Å²) >= 11 is 0. The van der Waals surface area contributed by atoms with Gasteiger partial charge in [0, 0.05) is 0 Å². The molecular weight excluding hydrogens is 359 g/mol. The first-order valence-electron chi connectivity index (χ1n) is 7.60. The molecule has 2 rings (SSSR count). The van der Waals surface area contributed by atoms with Crippen LogP contribution in [0.5, 0.6) is 0 Å². The Bertz CT molecular complexity index is 435. The predicted octanol–water partition coefficient (Wildman–Crippen LogP) is 0.230. The van der Waals surface area contributed by atoms with Gasteiger partial charge in [0.15, 0.2) is 0 Å². The standard InChI is InChI=1S/2C10H15.2ClH.Ti/c2*1-8-6-5-7-9(8)10(2,3)4;;;/h2*5H,7H2,1-4H3;2*1H;/q2*-1;;;+4/p-2. The molecular formula is C20H30Cl2Ti. The maximum absolute atomic E-state index is 3.23. The summed E-state index contributed by atoms with van der Waals surface area (Å²) in [6.07, 6.45) is 12.9. The molecule has 0 nitrogen and oxygen atoms in total. The monoisotopic (exact) mass is 388 g/mol. The molecule has 0 radical (unpaired) electrons. The van der Waals surface area contributed by atoms with E-state index in [-0.39, 0.29) is 46.5 Å². The molecule has 0 saturated carbocycles. The minimum absolute atomic E-state index is 0. The minimum Gasteiger partial charge on any atom is -1.00 e. The van der Waals surface area contributed by atoms with Crippen molar-refractivity contribution in [1.82, 2.24) is 0 Å². The molecule has 2 aliphatic rings. The second kappa shape index (κ2) is 11.0. The Hall–Kier alpha value is 0.254. The normalized spacial score (nSPS) is 16.3. The van der Waals surface area contributed by atoms with E-state index < -0.39 is 0 Å². The first kappa shape index (κ1) is 28.1. The molecule has 0 unspecified atom stereocenters. The largest absolute Gasteiger partial charge is 4.00 e. The molecule has 0 saturated heterocycles. The van der Waals surface area contributed by atoms with Crippen LogP contribution >= 0.6 is 0 Å². The summed E-state index contributed by atoms with van der Waals surface area (Å²) in [5.74, 6) is 0. The van der Waals surface area contributed by atoms with E-state index in [2.05, 4.69) is 79.7 Å². The molecule has 0 heterocycles. The summed E-state index contributed by atoms with van der Waals surface area (Å²) in [6.45, 7) is 17.8. The molecule has 0 bridgehead atoms. The molecule has 0 aromatic carbocycles. The first-order valence-corrected chi connectivity index (χ1v) is 7.60. The summed E-state index contributed by atoms with van der Waals surface area (Å²) in [6, 6.07) is 0. The first-order chi connectivity index (χ1) is 9.03. The average Bonchev–Trinajstić information content (AvgIpc) is 2.85. The Morgan fingerprint density at radius 3 is 1.04 bits per heavy atom. The van der Waals surface area contributed by atoms with Crippen molar-refractivity contribution in [2.24, 2.45) is 10.8 Å². The van der Waals surface area contributed by atoms with Gasteiger partial charge in [-0.25, -0.2) is 22.3 Å². The fourth-order valence-electron chi connectivity index (χ4n) is 2.83. The number of rotatable bonds is 0. The molecule has 0 aromatic heterocycles. The van der Waals surface area contributed by atoms with E-state index in [0.29, 0.717) is 10.8 Å². The van der Waals surface area contributed by atoms with Crippen molar-refractivity contribution in [3.63, 3.8) is 0 Å². The maximum Gasteiger partial charge on any atom is 4.00 e. The summed E-state index contributed by atoms with van der Waals surface area (Å²) in [7, 11) is 0. The van der Waals surface area contributed by atoms with Gasteiger partial charge in [-0.05, 0) is 0 Å². The Morgan fingerprint density at radius 1 is 0.696 bits per heavy atom. The summed E-state index contributed by atoms with van der Waals surface area (Å²) in [4.78, 5) is 0. The van der Waals surface area contributed by atoms with Gasteiger partial charge in [0.1, 0.15) is 0 Å². The van der Waals surface area contributed by atoms with Gasteiger partial charge in [0.25, 0.3) is 0 Å². The number of hydrogen-bond acceptors (Lipinski definition) is 0. The van der Waals surface area contributed by atoms with Crippen LogP contribution in [0.3, 0.4) is 0 Å². The summed E-state index contributed by atoms with van der Waals surface area (Å²) in [5, 5.41) is 0. The van der Waals surface area contributed by atoms with Crippen molar-refractivity contribution in [2.45, 2.75) is 68.2 Å². The van der Waals surface area contributed by atoms with Crippen molar-refractivity contribution in [3.8, 4) is 0 Å². The average molecular weight is 389 g/mol. The van der Waals surface area contributed by atoms with E-state index in [0.717, 1.165) is 12.8 Å². The van der Waals surface area contributed by atoms with Crippen LogP contribution in [-0.4, -0.2) is 0 Å². The van der Waals surface area contributed by atoms with Gasteiger partial charge in [-0.3, -0.25) is 12.2 Å². The molecule has 0 atom stereocenters. The van der Waals surface area contributed by atoms with E-state index in [9.17, 15) is 0 Å². The van der Waals surface area contributed by atoms with E-state index in [1.54, 1.807) is 0 Å². The Balaban J connectivity index is -0.000000308.